The minimum absolute atomic E-state index is 0.213. The number of carbonyl (C=O) groups excluding carboxylic acids is 2. The van der Waals surface area contributed by atoms with Crippen molar-refractivity contribution < 1.29 is 18.7 Å². The molecule has 2 aromatic rings. The van der Waals surface area contributed by atoms with E-state index in [2.05, 4.69) is 10.6 Å². The summed E-state index contributed by atoms with van der Waals surface area (Å²) < 4.78 is 12.6. The molecule has 1 aromatic heterocycles. The topological polar surface area (TPSA) is 103 Å². The van der Waals surface area contributed by atoms with Crippen LogP contribution in [0.15, 0.2) is 27.4 Å². The molecule has 1 aromatic carbocycles. The van der Waals surface area contributed by atoms with Crippen LogP contribution in [0.4, 0.5) is 0 Å². The van der Waals surface area contributed by atoms with E-state index in [9.17, 15) is 14.4 Å². The molecule has 28 heavy (non-hydrogen) atoms. The van der Waals surface area contributed by atoms with Crippen LogP contribution in [0.25, 0.3) is 11.1 Å². The zero-order valence-corrected chi connectivity index (χ0v) is 15.7. The highest BCUT2D eigenvalue weighted by molar-refractivity contribution is 6.00. The van der Waals surface area contributed by atoms with Gasteiger partial charge in [0.2, 0.25) is 11.8 Å². The summed E-state index contributed by atoms with van der Waals surface area (Å²) in [5, 5.41) is 5.61. The molecule has 2 aliphatic heterocycles. The Hall–Kier alpha value is -2.45. The molecule has 8 nitrogen and oxygen atoms in total. The molecule has 0 aliphatic carbocycles. The molecule has 3 heterocycles. The number of imide groups is 1. The molecule has 8 heteroatoms. The monoisotopic (exact) mass is 387 g/mol. The summed E-state index contributed by atoms with van der Waals surface area (Å²) in [5.74, 6) is -1.34. The Bertz CT molecular complexity index is 926. The van der Waals surface area contributed by atoms with Gasteiger partial charge in [-0.2, -0.15) is 0 Å². The fourth-order valence-corrected chi connectivity index (χ4v) is 3.95. The van der Waals surface area contributed by atoms with Crippen molar-refractivity contribution in [2.45, 2.75) is 50.7 Å². The minimum Gasteiger partial charge on any atom is -0.408 e. The van der Waals surface area contributed by atoms with E-state index in [1.807, 2.05) is 18.2 Å². The minimum atomic E-state index is -0.712. The highest BCUT2D eigenvalue weighted by atomic mass is 16.5. The molecule has 0 saturated carbocycles. The van der Waals surface area contributed by atoms with Crippen molar-refractivity contribution in [3.8, 4) is 0 Å². The average molecular weight is 387 g/mol. The number of aromatic nitrogens is 1. The molecule has 4 rings (SSSR count). The van der Waals surface area contributed by atoms with Gasteiger partial charge in [-0.25, -0.2) is 4.79 Å². The number of ether oxygens (including phenoxy) is 1. The molecule has 2 amide bonds. The van der Waals surface area contributed by atoms with Crippen LogP contribution in [-0.4, -0.2) is 42.2 Å². The van der Waals surface area contributed by atoms with Crippen molar-refractivity contribution in [1.29, 1.82) is 0 Å². The van der Waals surface area contributed by atoms with Crippen molar-refractivity contribution >= 4 is 22.9 Å². The van der Waals surface area contributed by atoms with Gasteiger partial charge in [0, 0.05) is 13.0 Å². The van der Waals surface area contributed by atoms with Crippen molar-refractivity contribution in [1.82, 2.24) is 15.2 Å². The molecule has 2 fully saturated rings. The number of carbonyl (C=O) groups is 2. The van der Waals surface area contributed by atoms with E-state index in [0.717, 1.165) is 44.3 Å². The van der Waals surface area contributed by atoms with E-state index >= 15 is 0 Å². The summed E-state index contributed by atoms with van der Waals surface area (Å²) >= 11 is 0. The quantitative estimate of drug-likeness (QED) is 0.572. The number of hydrogen-bond donors (Lipinski definition) is 2. The van der Waals surface area contributed by atoms with Crippen molar-refractivity contribution in [3.05, 3.63) is 34.3 Å². The lowest BCUT2D eigenvalue weighted by molar-refractivity contribution is -0.135. The van der Waals surface area contributed by atoms with E-state index in [1.165, 1.54) is 4.57 Å². The summed E-state index contributed by atoms with van der Waals surface area (Å²) in [5.41, 5.74) is 2.10. The van der Waals surface area contributed by atoms with Crippen LogP contribution in [0.2, 0.25) is 0 Å². The van der Waals surface area contributed by atoms with Crippen LogP contribution in [0.1, 0.15) is 43.7 Å². The fraction of sp³-hybridized carbons (Fsp3) is 0.550. The number of fused-ring (bicyclic) bond motifs is 1. The van der Waals surface area contributed by atoms with Gasteiger partial charge < -0.3 is 14.5 Å². The van der Waals surface area contributed by atoms with Crippen molar-refractivity contribution in [2.24, 2.45) is 0 Å². The third-order valence-electron chi connectivity index (χ3n) is 5.45. The van der Waals surface area contributed by atoms with Gasteiger partial charge in [0.05, 0.1) is 11.6 Å². The van der Waals surface area contributed by atoms with Crippen LogP contribution in [0, 0.1) is 0 Å². The first-order valence-corrected chi connectivity index (χ1v) is 9.92. The Labute approximate surface area is 162 Å². The maximum Gasteiger partial charge on any atom is 0.420 e. The molecule has 0 spiro atoms. The largest absolute Gasteiger partial charge is 0.420 e. The van der Waals surface area contributed by atoms with Gasteiger partial charge in [0.1, 0.15) is 6.04 Å². The molecule has 2 saturated heterocycles. The second kappa shape index (κ2) is 8.28. The van der Waals surface area contributed by atoms with Gasteiger partial charge in [-0.05, 0) is 62.9 Å². The maximum atomic E-state index is 12.3. The first kappa shape index (κ1) is 18.9. The van der Waals surface area contributed by atoms with Gasteiger partial charge in [0.15, 0.2) is 5.58 Å². The summed E-state index contributed by atoms with van der Waals surface area (Å²) in [7, 11) is 0. The Morgan fingerprint density at radius 2 is 1.96 bits per heavy atom. The normalized spacial score (nSPS) is 21.2. The molecule has 150 valence electrons. The van der Waals surface area contributed by atoms with E-state index in [4.69, 9.17) is 9.15 Å². The van der Waals surface area contributed by atoms with Crippen molar-refractivity contribution in [2.75, 3.05) is 19.7 Å². The Morgan fingerprint density at radius 3 is 2.75 bits per heavy atom. The van der Waals surface area contributed by atoms with Crippen LogP contribution >= 0.6 is 0 Å². The maximum absolute atomic E-state index is 12.3. The number of hydrogen-bond acceptors (Lipinski definition) is 6. The molecule has 2 aliphatic rings. The smallest absolute Gasteiger partial charge is 0.408 e. The molecular weight excluding hydrogens is 362 g/mol. The van der Waals surface area contributed by atoms with Gasteiger partial charge in [-0.3, -0.25) is 19.5 Å². The van der Waals surface area contributed by atoms with Crippen LogP contribution < -0.4 is 16.4 Å². The summed E-state index contributed by atoms with van der Waals surface area (Å²) in [6, 6.07) is 4.90. The Kier molecular flexibility index (Phi) is 5.59. The van der Waals surface area contributed by atoms with E-state index in [0.29, 0.717) is 30.2 Å². The molecule has 1 atom stereocenters. The van der Waals surface area contributed by atoms with Gasteiger partial charge in [-0.1, -0.05) is 6.07 Å². The van der Waals surface area contributed by atoms with E-state index < -0.39 is 17.7 Å². The SMILES string of the molecule is O=C1CCC(n2c(=O)oc3cc(CCCOC4CCNCC4)ccc32)C(=O)N1. The first-order chi connectivity index (χ1) is 13.6. The predicted molar refractivity (Wildman–Crippen MR) is 102 cm³/mol. The van der Waals surface area contributed by atoms with Gasteiger partial charge in [0.25, 0.3) is 0 Å². The van der Waals surface area contributed by atoms with Crippen LogP contribution in [-0.2, 0) is 20.7 Å². The fourth-order valence-electron chi connectivity index (χ4n) is 3.95. The summed E-state index contributed by atoms with van der Waals surface area (Å²) in [6.07, 6.45) is 4.71. The third-order valence-corrected chi connectivity index (χ3v) is 5.45. The number of amides is 2. The number of rotatable bonds is 6. The lowest BCUT2D eigenvalue weighted by Gasteiger charge is -2.22. The zero-order chi connectivity index (χ0) is 19.5. The van der Waals surface area contributed by atoms with E-state index in [-0.39, 0.29) is 12.3 Å². The zero-order valence-electron chi connectivity index (χ0n) is 15.7. The predicted octanol–water partition coefficient (Wildman–Crippen LogP) is 1.27. The summed E-state index contributed by atoms with van der Waals surface area (Å²) in [6.45, 7) is 2.75. The summed E-state index contributed by atoms with van der Waals surface area (Å²) in [4.78, 5) is 35.8. The standard InChI is InChI=1S/C20H25N3O5/c24-18-6-5-16(19(25)22-18)23-15-4-3-13(12-17(15)28-20(23)26)2-1-11-27-14-7-9-21-10-8-14/h3-4,12,14,16,21H,1-2,5-11H2,(H,22,24,25). The number of aryl methyl sites for hydroxylation is 1. The second-order valence-electron chi connectivity index (χ2n) is 7.43. The third kappa shape index (κ3) is 4.02. The number of oxazole rings is 1. The average Bonchev–Trinajstić information content (AvgIpc) is 3.01. The number of nitrogens with zero attached hydrogens (tertiary/aromatic N) is 1. The molecule has 0 bridgehead atoms. The number of benzene rings is 1. The van der Waals surface area contributed by atoms with Gasteiger partial charge in [-0.15, -0.1) is 0 Å². The lowest BCUT2D eigenvalue weighted by Crippen LogP contribution is -2.43. The number of nitrogens with one attached hydrogen (secondary N) is 2. The Morgan fingerprint density at radius 1 is 1.14 bits per heavy atom. The van der Waals surface area contributed by atoms with Crippen LogP contribution in [0.5, 0.6) is 0 Å². The van der Waals surface area contributed by atoms with Crippen molar-refractivity contribution in [3.63, 3.8) is 0 Å². The van der Waals surface area contributed by atoms with E-state index in [1.54, 1.807) is 0 Å². The molecule has 0 radical (unpaired) electrons. The first-order valence-electron chi connectivity index (χ1n) is 9.92. The lowest BCUT2D eigenvalue weighted by atomic mass is 10.1. The Balaban J connectivity index is 1.41. The van der Waals surface area contributed by atoms with Crippen LogP contribution in [0.3, 0.4) is 0 Å². The molecule has 2 N–H and O–H groups in total. The molecule has 1 unspecified atom stereocenters. The van der Waals surface area contributed by atoms with Gasteiger partial charge >= 0.3 is 5.76 Å². The second-order valence-corrected chi connectivity index (χ2v) is 7.43. The highest BCUT2D eigenvalue weighted by Gasteiger charge is 2.31. The molecular formula is C20H25N3O5. The highest BCUT2D eigenvalue weighted by Crippen LogP contribution is 2.24. The number of piperidine rings is 2.